The van der Waals surface area contributed by atoms with Gasteiger partial charge in [0.05, 0.1) is 13.2 Å². The van der Waals surface area contributed by atoms with Crippen LogP contribution in [-0.2, 0) is 17.8 Å². The topological polar surface area (TPSA) is 41.0 Å². The Morgan fingerprint density at radius 3 is 2.53 bits per heavy atom. The van der Waals surface area contributed by atoms with Gasteiger partial charge in [0.2, 0.25) is 0 Å². The molecule has 0 unspecified atom stereocenters. The van der Waals surface area contributed by atoms with Gasteiger partial charge in [-0.1, -0.05) is 24.3 Å². The monoisotopic (exact) mass is 462 g/mol. The fourth-order valence-electron chi connectivity index (χ4n) is 6.77. The van der Waals surface area contributed by atoms with E-state index < -0.39 is 0 Å². The van der Waals surface area contributed by atoms with Gasteiger partial charge in [-0.05, 0) is 68.6 Å². The van der Waals surface area contributed by atoms with Crippen molar-refractivity contribution in [3.05, 3.63) is 58.0 Å². The van der Waals surface area contributed by atoms with Crippen molar-refractivity contribution in [2.24, 2.45) is 5.92 Å². The predicted octanol–water partition coefficient (Wildman–Crippen LogP) is 2.86. The van der Waals surface area contributed by atoms with Gasteiger partial charge in [0, 0.05) is 62.5 Å². The van der Waals surface area contributed by atoms with Crippen molar-refractivity contribution in [2.75, 3.05) is 59.5 Å². The Labute approximate surface area is 203 Å². The summed E-state index contributed by atoms with van der Waals surface area (Å²) < 4.78 is 7.65. The third-order valence-corrected chi connectivity index (χ3v) is 8.64. The zero-order valence-electron chi connectivity index (χ0n) is 20.5. The largest absolute Gasteiger partial charge is 0.379 e. The highest BCUT2D eigenvalue weighted by molar-refractivity contribution is 5.66. The molecule has 34 heavy (non-hydrogen) atoms. The Morgan fingerprint density at radius 2 is 1.71 bits per heavy atom. The molecular formula is C28H38N4O2. The fraction of sp³-hybridized carbons (Fsp3) is 0.607. The highest BCUT2D eigenvalue weighted by Crippen LogP contribution is 2.37. The number of morpholine rings is 1. The molecule has 0 spiro atoms. The summed E-state index contributed by atoms with van der Waals surface area (Å²) in [7, 11) is 2.24. The number of likely N-dealkylation sites (tertiary alicyclic amines) is 2. The summed E-state index contributed by atoms with van der Waals surface area (Å²) in [6.45, 7) is 9.90. The van der Waals surface area contributed by atoms with Crippen LogP contribution in [0, 0.1) is 5.92 Å². The number of pyridine rings is 1. The zero-order valence-corrected chi connectivity index (χ0v) is 20.5. The molecule has 1 aromatic heterocycles. The summed E-state index contributed by atoms with van der Waals surface area (Å²) in [5.74, 6) is 1.07. The molecule has 2 aromatic rings. The molecule has 0 aliphatic carbocycles. The molecule has 6 nitrogen and oxygen atoms in total. The number of fused-ring (bicyclic) bond motifs is 4. The van der Waals surface area contributed by atoms with E-state index in [4.69, 9.17) is 4.74 Å². The Hall–Kier alpha value is -1.99. The Kier molecular flexibility index (Phi) is 6.33. The second-order valence-corrected chi connectivity index (χ2v) is 10.9. The van der Waals surface area contributed by atoms with Crippen LogP contribution in [0.1, 0.15) is 36.4 Å². The van der Waals surface area contributed by atoms with E-state index in [1.54, 1.807) is 0 Å². The van der Waals surface area contributed by atoms with Crippen LogP contribution in [0.15, 0.2) is 41.2 Å². The minimum absolute atomic E-state index is 0.203. The van der Waals surface area contributed by atoms with E-state index in [2.05, 4.69) is 62.7 Å². The summed E-state index contributed by atoms with van der Waals surface area (Å²) in [5, 5.41) is 0. The summed E-state index contributed by atoms with van der Waals surface area (Å²) in [6, 6.07) is 13.6. The molecule has 5 heterocycles. The van der Waals surface area contributed by atoms with Gasteiger partial charge in [0.1, 0.15) is 0 Å². The SMILES string of the molecule is CN1CCC(N2C[C@H]3C[C@H](C2)c2ccc(-c4ccccc4CN4CCOCC4)c(=O)n2C3)CC1. The average molecular weight is 463 g/mol. The Morgan fingerprint density at radius 1 is 0.912 bits per heavy atom. The van der Waals surface area contributed by atoms with Crippen LogP contribution in [0.5, 0.6) is 0 Å². The maximum Gasteiger partial charge on any atom is 0.258 e. The standard InChI is InChI=1S/C28H38N4O2/c1-29-10-8-24(9-11-29)31-17-21-16-23(20-31)27-7-6-26(28(33)32(27)18-21)25-5-3-2-4-22(25)19-30-12-14-34-15-13-30/h2-7,21,23-24H,8-20H2,1H3/t21-,23-/m1/s1. The van der Waals surface area contributed by atoms with E-state index in [-0.39, 0.29) is 5.56 Å². The average Bonchev–Trinajstić information content (AvgIpc) is 2.86. The van der Waals surface area contributed by atoms with Crippen molar-refractivity contribution in [1.82, 2.24) is 19.3 Å². The lowest BCUT2D eigenvalue weighted by molar-refractivity contribution is 0.0342. The fourth-order valence-corrected chi connectivity index (χ4v) is 6.77. The molecular weight excluding hydrogens is 424 g/mol. The molecule has 4 aliphatic heterocycles. The number of hydrogen-bond donors (Lipinski definition) is 0. The highest BCUT2D eigenvalue weighted by atomic mass is 16.5. The summed E-state index contributed by atoms with van der Waals surface area (Å²) in [5.41, 5.74) is 4.66. The van der Waals surface area contributed by atoms with Crippen LogP contribution < -0.4 is 5.56 Å². The molecule has 0 radical (unpaired) electrons. The first-order chi connectivity index (χ1) is 16.7. The molecule has 0 saturated carbocycles. The van der Waals surface area contributed by atoms with Crippen molar-refractivity contribution >= 4 is 0 Å². The van der Waals surface area contributed by atoms with Crippen molar-refractivity contribution in [3.8, 4) is 11.1 Å². The van der Waals surface area contributed by atoms with Gasteiger partial charge < -0.3 is 14.2 Å². The second kappa shape index (κ2) is 9.57. The van der Waals surface area contributed by atoms with Gasteiger partial charge in [-0.3, -0.25) is 14.6 Å². The third kappa shape index (κ3) is 4.37. The van der Waals surface area contributed by atoms with E-state index >= 15 is 0 Å². The van der Waals surface area contributed by atoms with Crippen molar-refractivity contribution < 1.29 is 4.74 Å². The molecule has 3 fully saturated rings. The maximum atomic E-state index is 13.8. The third-order valence-electron chi connectivity index (χ3n) is 8.64. The number of aromatic nitrogens is 1. The van der Waals surface area contributed by atoms with Gasteiger partial charge in [0.15, 0.2) is 0 Å². The van der Waals surface area contributed by atoms with E-state index in [1.807, 2.05) is 0 Å². The number of benzene rings is 1. The first-order valence-electron chi connectivity index (χ1n) is 13.2. The minimum atomic E-state index is 0.203. The van der Waals surface area contributed by atoms with Gasteiger partial charge >= 0.3 is 0 Å². The lowest BCUT2D eigenvalue weighted by Crippen LogP contribution is -2.53. The number of hydrogen-bond acceptors (Lipinski definition) is 5. The first-order valence-corrected chi connectivity index (χ1v) is 13.2. The molecule has 0 amide bonds. The molecule has 1 aromatic carbocycles. The molecule has 3 saturated heterocycles. The van der Waals surface area contributed by atoms with Crippen LogP contribution in [0.3, 0.4) is 0 Å². The van der Waals surface area contributed by atoms with Crippen LogP contribution in [0.4, 0.5) is 0 Å². The van der Waals surface area contributed by atoms with Crippen LogP contribution in [0.2, 0.25) is 0 Å². The van der Waals surface area contributed by atoms with Gasteiger partial charge in [-0.15, -0.1) is 0 Å². The number of piperidine rings is 2. The number of rotatable bonds is 4. The quantitative estimate of drug-likeness (QED) is 0.699. The highest BCUT2D eigenvalue weighted by Gasteiger charge is 2.38. The molecule has 0 N–H and O–H groups in total. The predicted molar refractivity (Wildman–Crippen MR) is 135 cm³/mol. The smallest absolute Gasteiger partial charge is 0.258 e. The lowest BCUT2D eigenvalue weighted by atomic mass is 9.81. The molecule has 2 bridgehead atoms. The molecule has 2 atom stereocenters. The van der Waals surface area contributed by atoms with Crippen molar-refractivity contribution in [1.29, 1.82) is 0 Å². The van der Waals surface area contributed by atoms with Gasteiger partial charge in [-0.2, -0.15) is 0 Å². The molecule has 182 valence electrons. The van der Waals surface area contributed by atoms with Gasteiger partial charge in [0.25, 0.3) is 5.56 Å². The summed E-state index contributed by atoms with van der Waals surface area (Å²) in [4.78, 5) is 21.5. The lowest BCUT2D eigenvalue weighted by Gasteiger charge is -2.47. The van der Waals surface area contributed by atoms with Crippen LogP contribution in [-0.4, -0.2) is 84.8 Å². The first kappa shape index (κ1) is 22.5. The van der Waals surface area contributed by atoms with E-state index in [1.165, 1.54) is 43.6 Å². The zero-order chi connectivity index (χ0) is 23.1. The van der Waals surface area contributed by atoms with E-state index in [0.717, 1.165) is 63.6 Å². The Balaban J connectivity index is 1.26. The Bertz CT molecular complexity index is 1070. The van der Waals surface area contributed by atoms with E-state index in [0.29, 0.717) is 17.9 Å². The normalized spacial score (nSPS) is 27.0. The number of nitrogens with zero attached hydrogens (tertiary/aromatic N) is 4. The molecule has 6 rings (SSSR count). The van der Waals surface area contributed by atoms with Crippen LogP contribution in [0.25, 0.3) is 11.1 Å². The second-order valence-electron chi connectivity index (χ2n) is 10.9. The van der Waals surface area contributed by atoms with Gasteiger partial charge in [-0.25, -0.2) is 0 Å². The maximum absolute atomic E-state index is 13.8. The summed E-state index contributed by atoms with van der Waals surface area (Å²) >= 11 is 0. The van der Waals surface area contributed by atoms with Crippen LogP contribution >= 0.6 is 0 Å². The van der Waals surface area contributed by atoms with Crippen molar-refractivity contribution in [2.45, 2.75) is 44.3 Å². The minimum Gasteiger partial charge on any atom is -0.379 e. The summed E-state index contributed by atoms with van der Waals surface area (Å²) in [6.07, 6.45) is 3.79. The van der Waals surface area contributed by atoms with Crippen molar-refractivity contribution in [3.63, 3.8) is 0 Å². The molecule has 6 heteroatoms. The number of ether oxygens (including phenoxy) is 1. The van der Waals surface area contributed by atoms with E-state index in [9.17, 15) is 4.79 Å². The molecule has 4 aliphatic rings.